The first-order valence-corrected chi connectivity index (χ1v) is 5.25. The van der Waals surface area contributed by atoms with Gasteiger partial charge in [-0.3, -0.25) is 0 Å². The molecule has 0 aliphatic carbocycles. The van der Waals surface area contributed by atoms with Crippen LogP contribution in [0.4, 0.5) is 0 Å². The summed E-state index contributed by atoms with van der Waals surface area (Å²) in [5.41, 5.74) is 7.57. The van der Waals surface area contributed by atoms with E-state index in [1.54, 1.807) is 0 Å². The molecule has 4 heteroatoms. The van der Waals surface area contributed by atoms with E-state index in [0.717, 1.165) is 0 Å². The molecule has 0 spiro atoms. The summed E-state index contributed by atoms with van der Waals surface area (Å²) in [6, 6.07) is 0. The summed E-state index contributed by atoms with van der Waals surface area (Å²) in [4.78, 5) is 4.52. The fourth-order valence-corrected chi connectivity index (χ4v) is 0.300. The van der Waals surface area contributed by atoms with Crippen molar-refractivity contribution in [3.63, 3.8) is 0 Å². The standard InChI is InChI=1S/CH3.N3.Sn/c;1-3-2;/h1H3;;/q;-1;+1. The third-order valence-electron chi connectivity index (χ3n) is 0.145. The molecule has 0 aliphatic rings. The van der Waals surface area contributed by atoms with Gasteiger partial charge in [0.2, 0.25) is 0 Å². The van der Waals surface area contributed by atoms with Crippen molar-refractivity contribution in [1.82, 2.24) is 0 Å². The zero-order chi connectivity index (χ0) is 4.12. The summed E-state index contributed by atoms with van der Waals surface area (Å²) in [6.45, 7) is 0. The molecule has 2 radical (unpaired) electrons. The van der Waals surface area contributed by atoms with Crippen molar-refractivity contribution in [1.29, 1.82) is 0 Å². The predicted molar refractivity (Wildman–Crippen MR) is 20.8 cm³/mol. The molecule has 0 aliphatic heterocycles. The fraction of sp³-hybridized carbons (Fsp3) is 1.00. The van der Waals surface area contributed by atoms with Crippen LogP contribution in [0, 0.1) is 0 Å². The van der Waals surface area contributed by atoms with Crippen LogP contribution >= 0.6 is 0 Å². The third kappa shape index (κ3) is 4.11. The Bertz CT molecular complexity index is 53.9. The van der Waals surface area contributed by atoms with Crippen LogP contribution in [0.2, 0.25) is 4.94 Å². The molecule has 5 heavy (non-hydrogen) atoms. The quantitative estimate of drug-likeness (QED) is 0.247. The van der Waals surface area contributed by atoms with Gasteiger partial charge in [0, 0.05) is 0 Å². The molecular formula is CH3N3Sn. The molecule has 0 amide bonds. The summed E-state index contributed by atoms with van der Waals surface area (Å²) in [5.74, 6) is 0. The topological polar surface area (TPSA) is 48.8 Å². The maximum atomic E-state index is 7.57. The van der Waals surface area contributed by atoms with Crippen molar-refractivity contribution in [2.45, 2.75) is 4.94 Å². The van der Waals surface area contributed by atoms with Gasteiger partial charge in [-0.2, -0.15) is 0 Å². The first-order chi connectivity index (χ1) is 2.41. The molecule has 0 atom stereocenters. The molecule has 26 valence electrons. The summed E-state index contributed by atoms with van der Waals surface area (Å²) in [7, 11) is 0. The van der Waals surface area contributed by atoms with Crippen molar-refractivity contribution in [3.8, 4) is 0 Å². The summed E-state index contributed by atoms with van der Waals surface area (Å²) >= 11 is -0.586. The first kappa shape index (κ1) is 5.11. The number of azide groups is 1. The van der Waals surface area contributed by atoms with Gasteiger partial charge in [0.1, 0.15) is 0 Å². The molecule has 0 rings (SSSR count). The van der Waals surface area contributed by atoms with Gasteiger partial charge in [-0.1, -0.05) is 0 Å². The molecule has 3 nitrogen and oxygen atoms in total. The second-order valence-corrected chi connectivity index (χ2v) is 2.26. The SMILES string of the molecule is [CH3][Sn][N]=[N+]=[N-]. The van der Waals surface area contributed by atoms with Gasteiger partial charge in [0.15, 0.2) is 0 Å². The molecule has 0 unspecified atom stereocenters. The van der Waals surface area contributed by atoms with E-state index in [2.05, 4.69) is 8.25 Å². The zero-order valence-electron chi connectivity index (χ0n) is 2.84. The zero-order valence-corrected chi connectivity index (χ0v) is 5.70. The van der Waals surface area contributed by atoms with Crippen molar-refractivity contribution in [2.24, 2.45) is 3.34 Å². The van der Waals surface area contributed by atoms with Crippen LogP contribution < -0.4 is 0 Å². The van der Waals surface area contributed by atoms with E-state index >= 15 is 0 Å². The van der Waals surface area contributed by atoms with E-state index in [1.807, 2.05) is 4.94 Å². The van der Waals surface area contributed by atoms with Crippen molar-refractivity contribution < 1.29 is 0 Å². The predicted octanol–water partition coefficient (Wildman–Crippen LogP) is 0.964. The Morgan fingerprint density at radius 1 is 2.00 bits per heavy atom. The Morgan fingerprint density at radius 3 is 2.60 bits per heavy atom. The molecule has 0 saturated heterocycles. The van der Waals surface area contributed by atoms with Crippen LogP contribution in [0.1, 0.15) is 0 Å². The summed E-state index contributed by atoms with van der Waals surface area (Å²) < 4.78 is 3.32. The van der Waals surface area contributed by atoms with E-state index in [0.29, 0.717) is 0 Å². The molecular weight excluding hydrogens is 173 g/mol. The van der Waals surface area contributed by atoms with Crippen LogP contribution in [0.25, 0.3) is 10.4 Å². The average molecular weight is 176 g/mol. The van der Waals surface area contributed by atoms with E-state index in [1.165, 1.54) is 0 Å². The van der Waals surface area contributed by atoms with Gasteiger partial charge < -0.3 is 0 Å². The number of rotatable bonds is 1. The van der Waals surface area contributed by atoms with E-state index in [9.17, 15) is 0 Å². The van der Waals surface area contributed by atoms with E-state index in [-0.39, 0.29) is 0 Å². The Hall–Kier alpha value is 0.109. The number of nitrogens with zero attached hydrogens (tertiary/aromatic N) is 3. The molecule has 0 N–H and O–H groups in total. The Balaban J connectivity index is 2.93. The maximum absolute atomic E-state index is 7.57. The van der Waals surface area contributed by atoms with E-state index < -0.39 is 21.4 Å². The van der Waals surface area contributed by atoms with Gasteiger partial charge in [-0.15, -0.1) is 0 Å². The normalized spacial score (nSPS) is 5.80. The van der Waals surface area contributed by atoms with Crippen LogP contribution in [0.5, 0.6) is 0 Å². The molecule has 0 fully saturated rings. The summed E-state index contributed by atoms with van der Waals surface area (Å²) in [5, 5.41) is 0. The minimum atomic E-state index is -0.586. The molecule has 0 aromatic heterocycles. The number of hydrogen-bond acceptors (Lipinski definition) is 1. The fourth-order valence-electron chi connectivity index (χ4n) is 0.0447. The Labute approximate surface area is 40.6 Å². The third-order valence-corrected chi connectivity index (χ3v) is 0.971. The van der Waals surface area contributed by atoms with Crippen molar-refractivity contribution >= 4 is 21.4 Å². The monoisotopic (exact) mass is 177 g/mol. The van der Waals surface area contributed by atoms with Crippen LogP contribution in [-0.2, 0) is 0 Å². The molecule has 0 bridgehead atoms. The summed E-state index contributed by atoms with van der Waals surface area (Å²) in [6.07, 6.45) is 0. The van der Waals surface area contributed by atoms with Gasteiger partial charge >= 0.3 is 40.1 Å². The van der Waals surface area contributed by atoms with Crippen LogP contribution in [0.15, 0.2) is 3.34 Å². The van der Waals surface area contributed by atoms with Gasteiger partial charge in [-0.05, 0) is 0 Å². The van der Waals surface area contributed by atoms with Crippen molar-refractivity contribution in [3.05, 3.63) is 10.4 Å². The minimum absolute atomic E-state index is 0.586. The van der Waals surface area contributed by atoms with E-state index in [4.69, 9.17) is 5.53 Å². The second kappa shape index (κ2) is 4.11. The van der Waals surface area contributed by atoms with Crippen LogP contribution in [-0.4, -0.2) is 21.4 Å². The van der Waals surface area contributed by atoms with Crippen molar-refractivity contribution in [2.75, 3.05) is 0 Å². The Morgan fingerprint density at radius 2 is 2.60 bits per heavy atom. The number of hydrogen-bond donors (Lipinski definition) is 0. The average Bonchev–Trinajstić information content (AvgIpc) is 1.41. The molecule has 0 aromatic rings. The van der Waals surface area contributed by atoms with Gasteiger partial charge in [0.25, 0.3) is 0 Å². The molecule has 0 aromatic carbocycles. The Kier molecular flexibility index (Phi) is 4.20. The molecule has 0 saturated carbocycles. The van der Waals surface area contributed by atoms with Gasteiger partial charge in [0.05, 0.1) is 0 Å². The van der Waals surface area contributed by atoms with Gasteiger partial charge in [-0.25, -0.2) is 0 Å². The molecule has 0 heterocycles. The van der Waals surface area contributed by atoms with Crippen LogP contribution in [0.3, 0.4) is 0 Å². The second-order valence-electron chi connectivity index (χ2n) is 0.413. The first-order valence-electron chi connectivity index (χ1n) is 1.12.